The summed E-state index contributed by atoms with van der Waals surface area (Å²) in [6.07, 6.45) is 1.39. The van der Waals surface area contributed by atoms with E-state index < -0.39 is 0 Å². The Kier molecular flexibility index (Phi) is 3.64. The van der Waals surface area contributed by atoms with Crippen molar-refractivity contribution >= 4 is 28.3 Å². The number of rotatable bonds is 1. The smallest absolute Gasteiger partial charge is 0.194 e. The van der Waals surface area contributed by atoms with Crippen molar-refractivity contribution in [1.29, 1.82) is 0 Å². The Morgan fingerprint density at radius 1 is 0.962 bits per heavy atom. The van der Waals surface area contributed by atoms with E-state index in [1.165, 1.54) is 17.9 Å². The summed E-state index contributed by atoms with van der Waals surface area (Å²) in [6, 6.07) is 13.3. The fraction of sp³-hybridized carbons (Fsp3) is 0.273. The summed E-state index contributed by atoms with van der Waals surface area (Å²) in [4.78, 5) is 17.4. The minimum atomic E-state index is -0.323. The minimum absolute atomic E-state index is 0.130. The summed E-state index contributed by atoms with van der Waals surface area (Å²) in [5.74, 6) is 0. The van der Waals surface area contributed by atoms with E-state index in [4.69, 9.17) is 21.0 Å². The molecule has 2 aromatic carbocycles. The molecular formula is C22H20ClNO2. The SMILES string of the molecule is CC1(C)N=C(c2ccc3occc(=O)c3c2Cl)c2ccccc2C1(C)C. The molecule has 3 aromatic rings. The van der Waals surface area contributed by atoms with Crippen molar-refractivity contribution in [3.63, 3.8) is 0 Å². The topological polar surface area (TPSA) is 42.6 Å². The second-order valence-corrected chi connectivity index (χ2v) is 8.15. The Balaban J connectivity index is 2.07. The van der Waals surface area contributed by atoms with Gasteiger partial charge in [0.25, 0.3) is 0 Å². The molecule has 0 aliphatic carbocycles. The van der Waals surface area contributed by atoms with Gasteiger partial charge in [-0.1, -0.05) is 49.7 Å². The van der Waals surface area contributed by atoms with Crippen molar-refractivity contribution < 1.29 is 4.42 Å². The second-order valence-electron chi connectivity index (χ2n) is 7.78. The molecule has 1 aliphatic rings. The van der Waals surface area contributed by atoms with Gasteiger partial charge in [-0.2, -0.15) is 0 Å². The van der Waals surface area contributed by atoms with E-state index >= 15 is 0 Å². The summed E-state index contributed by atoms with van der Waals surface area (Å²) < 4.78 is 5.43. The third kappa shape index (κ3) is 2.27. The number of halogens is 1. The quantitative estimate of drug-likeness (QED) is 0.583. The number of hydrogen-bond donors (Lipinski definition) is 0. The Labute approximate surface area is 157 Å². The maximum atomic E-state index is 12.3. The molecule has 1 aliphatic heterocycles. The van der Waals surface area contributed by atoms with Crippen LogP contribution in [0.2, 0.25) is 5.02 Å². The van der Waals surface area contributed by atoms with Crippen LogP contribution in [0.4, 0.5) is 0 Å². The van der Waals surface area contributed by atoms with Crippen LogP contribution in [-0.4, -0.2) is 11.3 Å². The highest BCUT2D eigenvalue weighted by Gasteiger charge is 2.43. The average molecular weight is 366 g/mol. The molecule has 0 spiro atoms. The molecule has 0 N–H and O–H groups in total. The van der Waals surface area contributed by atoms with Crippen molar-refractivity contribution in [3.05, 3.63) is 80.7 Å². The number of benzene rings is 2. The summed E-state index contributed by atoms with van der Waals surface area (Å²) >= 11 is 6.67. The van der Waals surface area contributed by atoms with Gasteiger partial charge in [0.1, 0.15) is 5.58 Å². The number of fused-ring (bicyclic) bond motifs is 2. The molecular weight excluding hydrogens is 346 g/mol. The first-order valence-corrected chi connectivity index (χ1v) is 9.02. The van der Waals surface area contributed by atoms with Gasteiger partial charge < -0.3 is 4.42 Å². The van der Waals surface area contributed by atoms with Crippen molar-refractivity contribution in [1.82, 2.24) is 0 Å². The minimum Gasteiger partial charge on any atom is -0.464 e. The molecule has 2 heterocycles. The van der Waals surface area contributed by atoms with Gasteiger partial charge in [0.15, 0.2) is 5.43 Å². The van der Waals surface area contributed by atoms with Gasteiger partial charge in [-0.3, -0.25) is 9.79 Å². The van der Waals surface area contributed by atoms with Crippen LogP contribution in [-0.2, 0) is 5.41 Å². The molecule has 4 heteroatoms. The number of nitrogens with zero attached hydrogens (tertiary/aromatic N) is 1. The Morgan fingerprint density at radius 2 is 1.69 bits per heavy atom. The van der Waals surface area contributed by atoms with E-state index in [-0.39, 0.29) is 16.4 Å². The first-order chi connectivity index (χ1) is 12.2. The van der Waals surface area contributed by atoms with Crippen LogP contribution < -0.4 is 5.43 Å². The first kappa shape index (κ1) is 17.0. The molecule has 0 atom stereocenters. The Hall–Kier alpha value is -2.39. The summed E-state index contributed by atoms with van der Waals surface area (Å²) in [6.45, 7) is 8.68. The lowest BCUT2D eigenvalue weighted by atomic mass is 9.66. The number of hydrogen-bond acceptors (Lipinski definition) is 3. The molecule has 0 fully saturated rings. The zero-order valence-electron chi connectivity index (χ0n) is 15.3. The van der Waals surface area contributed by atoms with Crippen LogP contribution in [0.1, 0.15) is 44.4 Å². The molecule has 3 nitrogen and oxygen atoms in total. The molecule has 0 amide bonds. The van der Waals surface area contributed by atoms with Gasteiger partial charge in [0.05, 0.1) is 27.9 Å². The molecule has 0 bridgehead atoms. The molecule has 0 saturated carbocycles. The van der Waals surface area contributed by atoms with Crippen molar-refractivity contribution in [3.8, 4) is 0 Å². The van der Waals surface area contributed by atoms with Crippen molar-refractivity contribution in [2.45, 2.75) is 38.6 Å². The van der Waals surface area contributed by atoms with Gasteiger partial charge in [-0.05, 0) is 31.5 Å². The molecule has 132 valence electrons. The molecule has 1 aromatic heterocycles. The molecule has 0 unspecified atom stereocenters. The summed E-state index contributed by atoms with van der Waals surface area (Å²) in [7, 11) is 0. The summed E-state index contributed by atoms with van der Waals surface area (Å²) in [5.41, 5.74) is 3.74. The second kappa shape index (κ2) is 5.55. The fourth-order valence-corrected chi connectivity index (χ4v) is 3.91. The third-order valence-electron chi connectivity index (χ3n) is 5.80. The standard InChI is InChI=1S/C22H20ClNO2/c1-21(2)15-8-6-5-7-13(15)20(24-22(21,3)4)14-9-10-17-18(19(14)23)16(25)11-12-26-17/h5-12H,1-4H3. The van der Waals surface area contributed by atoms with Crippen LogP contribution in [0.25, 0.3) is 11.0 Å². The zero-order chi connectivity index (χ0) is 18.7. The molecule has 4 rings (SSSR count). The zero-order valence-corrected chi connectivity index (χ0v) is 16.0. The van der Waals surface area contributed by atoms with E-state index in [0.717, 1.165) is 16.8 Å². The van der Waals surface area contributed by atoms with Gasteiger partial charge >= 0.3 is 0 Å². The predicted molar refractivity (Wildman–Crippen MR) is 107 cm³/mol. The molecule has 0 radical (unpaired) electrons. The van der Waals surface area contributed by atoms with E-state index in [1.807, 2.05) is 12.1 Å². The maximum Gasteiger partial charge on any atom is 0.194 e. The summed E-state index contributed by atoms with van der Waals surface area (Å²) in [5, 5.41) is 0.787. The average Bonchev–Trinajstić information content (AvgIpc) is 2.59. The van der Waals surface area contributed by atoms with Gasteiger partial charge in [0, 0.05) is 22.6 Å². The lowest BCUT2D eigenvalue weighted by Crippen LogP contribution is -2.46. The Morgan fingerprint density at radius 3 is 2.46 bits per heavy atom. The van der Waals surface area contributed by atoms with Gasteiger partial charge in [-0.25, -0.2) is 0 Å². The van der Waals surface area contributed by atoms with Crippen LogP contribution in [0, 0.1) is 0 Å². The van der Waals surface area contributed by atoms with E-state index in [9.17, 15) is 4.79 Å². The van der Waals surface area contributed by atoms with E-state index in [0.29, 0.717) is 16.0 Å². The Bertz CT molecular complexity index is 1120. The third-order valence-corrected chi connectivity index (χ3v) is 6.19. The van der Waals surface area contributed by atoms with Crippen molar-refractivity contribution in [2.75, 3.05) is 0 Å². The first-order valence-electron chi connectivity index (χ1n) is 8.64. The monoisotopic (exact) mass is 365 g/mol. The fourth-order valence-electron chi connectivity index (χ4n) is 3.57. The van der Waals surface area contributed by atoms with Crippen LogP contribution in [0.3, 0.4) is 0 Å². The normalized spacial score (nSPS) is 17.7. The van der Waals surface area contributed by atoms with Crippen LogP contribution >= 0.6 is 11.6 Å². The molecule has 26 heavy (non-hydrogen) atoms. The highest BCUT2D eigenvalue weighted by molar-refractivity contribution is 6.40. The molecule has 0 saturated heterocycles. The van der Waals surface area contributed by atoms with Crippen LogP contribution in [0.15, 0.2) is 62.9 Å². The van der Waals surface area contributed by atoms with Crippen molar-refractivity contribution in [2.24, 2.45) is 4.99 Å². The highest BCUT2D eigenvalue weighted by atomic mass is 35.5. The largest absolute Gasteiger partial charge is 0.464 e. The predicted octanol–water partition coefficient (Wildman–Crippen LogP) is 5.35. The highest BCUT2D eigenvalue weighted by Crippen LogP contribution is 2.44. The maximum absolute atomic E-state index is 12.3. The van der Waals surface area contributed by atoms with Crippen LogP contribution in [0.5, 0.6) is 0 Å². The van der Waals surface area contributed by atoms with Gasteiger partial charge in [0.2, 0.25) is 0 Å². The number of aliphatic imine (C=N–C) groups is 1. The van der Waals surface area contributed by atoms with Gasteiger partial charge in [-0.15, -0.1) is 0 Å². The lowest BCUT2D eigenvalue weighted by molar-refractivity contribution is 0.303. The van der Waals surface area contributed by atoms with E-state index in [1.54, 1.807) is 6.07 Å². The van der Waals surface area contributed by atoms with E-state index in [2.05, 4.69) is 45.9 Å². The lowest BCUT2D eigenvalue weighted by Gasteiger charge is -2.44.